The predicted octanol–water partition coefficient (Wildman–Crippen LogP) is 1.52. The number of hydrogen-bond donors (Lipinski definition) is 1. The highest BCUT2D eigenvalue weighted by molar-refractivity contribution is 5.26. The van der Waals surface area contributed by atoms with Gasteiger partial charge in [-0.05, 0) is 66.6 Å². The molecule has 6 aliphatic rings. The number of hydrogen-bond acceptors (Lipinski definition) is 1. The predicted molar refractivity (Wildman–Crippen MR) is 47.8 cm³/mol. The molecule has 0 spiro atoms. The third-order valence-corrected chi connectivity index (χ3v) is 6.54. The van der Waals surface area contributed by atoms with Crippen LogP contribution in [0, 0.1) is 47.3 Å². The Kier molecular flexibility index (Phi) is 0.793. The van der Waals surface area contributed by atoms with E-state index in [1.807, 2.05) is 0 Å². The summed E-state index contributed by atoms with van der Waals surface area (Å²) in [6, 6.07) is 0. The Labute approximate surface area is 78.5 Å². The average Bonchev–Trinajstić information content (AvgIpc) is 2.78. The molecule has 0 amide bonds. The first-order valence-electron chi connectivity index (χ1n) is 6.06. The molecule has 1 heteroatoms. The zero-order valence-corrected chi connectivity index (χ0v) is 7.76. The fourth-order valence-electron chi connectivity index (χ4n) is 6.88. The van der Waals surface area contributed by atoms with Gasteiger partial charge in [-0.15, -0.1) is 0 Å². The molecule has 6 rings (SSSR count). The molecule has 0 aromatic rings. The molecule has 0 aromatic heterocycles. The number of rotatable bonds is 0. The lowest BCUT2D eigenvalue weighted by Gasteiger charge is -2.36. The molecule has 6 saturated carbocycles. The first-order chi connectivity index (χ1) is 6.38. The molecule has 70 valence electrons. The maximum absolute atomic E-state index is 9.97. The lowest BCUT2D eigenvalue weighted by atomic mass is 9.70. The molecular weight excluding hydrogens is 160 g/mol. The minimum atomic E-state index is 0.114. The van der Waals surface area contributed by atoms with Crippen molar-refractivity contribution in [2.45, 2.75) is 25.4 Å². The summed E-state index contributed by atoms with van der Waals surface area (Å²) in [4.78, 5) is 0. The van der Waals surface area contributed by atoms with Crippen LogP contribution >= 0.6 is 0 Å². The highest BCUT2D eigenvalue weighted by Crippen LogP contribution is 2.82. The van der Waals surface area contributed by atoms with Crippen molar-refractivity contribution in [2.75, 3.05) is 0 Å². The second kappa shape index (κ2) is 1.60. The third-order valence-electron chi connectivity index (χ3n) is 6.54. The Morgan fingerprint density at radius 3 is 2.15 bits per heavy atom. The van der Waals surface area contributed by atoms with Gasteiger partial charge in [0.1, 0.15) is 0 Å². The van der Waals surface area contributed by atoms with Crippen LogP contribution < -0.4 is 0 Å². The summed E-state index contributed by atoms with van der Waals surface area (Å²) < 4.78 is 0. The van der Waals surface area contributed by atoms with E-state index in [0.29, 0.717) is 0 Å². The largest absolute Gasteiger partial charge is 0.393 e. The fraction of sp³-hybridized carbons (Fsp3) is 1.00. The van der Waals surface area contributed by atoms with Crippen LogP contribution in [0.25, 0.3) is 0 Å². The van der Waals surface area contributed by atoms with Crippen molar-refractivity contribution in [1.29, 1.82) is 0 Å². The Morgan fingerprint density at radius 2 is 1.31 bits per heavy atom. The van der Waals surface area contributed by atoms with Crippen LogP contribution in [0.2, 0.25) is 0 Å². The van der Waals surface area contributed by atoms with Crippen LogP contribution in [0.5, 0.6) is 0 Å². The molecule has 0 radical (unpaired) electrons. The van der Waals surface area contributed by atoms with Gasteiger partial charge in [-0.2, -0.15) is 0 Å². The van der Waals surface area contributed by atoms with Gasteiger partial charge in [-0.25, -0.2) is 0 Å². The van der Waals surface area contributed by atoms with E-state index in [1.54, 1.807) is 6.42 Å². The Hall–Kier alpha value is -0.0400. The number of aliphatic hydroxyl groups excluding tert-OH is 1. The normalized spacial score (nSPS) is 80.5. The lowest BCUT2D eigenvalue weighted by molar-refractivity contribution is 0.0279. The van der Waals surface area contributed by atoms with Gasteiger partial charge in [0, 0.05) is 0 Å². The lowest BCUT2D eigenvalue weighted by Crippen LogP contribution is -2.35. The molecule has 2 unspecified atom stereocenters. The maximum Gasteiger partial charge on any atom is 0.0577 e. The van der Waals surface area contributed by atoms with Crippen molar-refractivity contribution in [3.63, 3.8) is 0 Å². The summed E-state index contributed by atoms with van der Waals surface area (Å²) >= 11 is 0. The topological polar surface area (TPSA) is 20.2 Å². The molecule has 6 aliphatic carbocycles. The molecule has 0 heterocycles. The van der Waals surface area contributed by atoms with Crippen LogP contribution in [0.1, 0.15) is 19.3 Å². The van der Waals surface area contributed by atoms with Gasteiger partial charge in [0.05, 0.1) is 6.10 Å². The minimum Gasteiger partial charge on any atom is -0.393 e. The van der Waals surface area contributed by atoms with E-state index in [0.717, 1.165) is 47.3 Å². The van der Waals surface area contributed by atoms with E-state index in [4.69, 9.17) is 0 Å². The van der Waals surface area contributed by atoms with Gasteiger partial charge in [0.15, 0.2) is 0 Å². The minimum absolute atomic E-state index is 0.114. The molecule has 1 N–H and O–H groups in total. The van der Waals surface area contributed by atoms with Gasteiger partial charge in [0.2, 0.25) is 0 Å². The SMILES string of the molecule is O[C@@H]1C[C@@H]2C3C4[C@H]5CC[C@@H]4[C@@H]2[C@H]5[C@H]31. The smallest absolute Gasteiger partial charge is 0.0577 e. The van der Waals surface area contributed by atoms with Gasteiger partial charge in [-0.3, -0.25) is 0 Å². The van der Waals surface area contributed by atoms with Gasteiger partial charge >= 0.3 is 0 Å². The van der Waals surface area contributed by atoms with Crippen LogP contribution in [-0.2, 0) is 0 Å². The van der Waals surface area contributed by atoms with E-state index < -0.39 is 0 Å². The third kappa shape index (κ3) is 0.423. The van der Waals surface area contributed by atoms with Gasteiger partial charge in [0.25, 0.3) is 0 Å². The fourth-order valence-corrected chi connectivity index (χ4v) is 6.88. The molecule has 6 fully saturated rings. The Balaban J connectivity index is 1.75. The van der Waals surface area contributed by atoms with Crippen molar-refractivity contribution >= 4 is 0 Å². The Morgan fingerprint density at radius 1 is 0.692 bits per heavy atom. The summed E-state index contributed by atoms with van der Waals surface area (Å²) in [6.45, 7) is 0. The van der Waals surface area contributed by atoms with E-state index in [1.165, 1.54) is 12.8 Å². The van der Waals surface area contributed by atoms with Gasteiger partial charge in [-0.1, -0.05) is 0 Å². The molecular formula is C12H16O. The molecule has 0 aromatic carbocycles. The highest BCUT2D eigenvalue weighted by Gasteiger charge is 2.78. The summed E-state index contributed by atoms with van der Waals surface area (Å²) in [5, 5.41) is 9.97. The van der Waals surface area contributed by atoms with Crippen LogP contribution in [0.15, 0.2) is 0 Å². The van der Waals surface area contributed by atoms with Gasteiger partial charge < -0.3 is 5.11 Å². The molecule has 1 nitrogen and oxygen atoms in total. The molecule has 9 atom stereocenters. The van der Waals surface area contributed by atoms with Crippen LogP contribution in [0.3, 0.4) is 0 Å². The molecule has 0 saturated heterocycles. The van der Waals surface area contributed by atoms with E-state index >= 15 is 0 Å². The molecule has 0 aliphatic heterocycles. The first kappa shape index (κ1) is 6.44. The molecule has 8 bridgehead atoms. The summed E-state index contributed by atoms with van der Waals surface area (Å²) in [7, 11) is 0. The first-order valence-corrected chi connectivity index (χ1v) is 6.06. The van der Waals surface area contributed by atoms with Crippen LogP contribution in [-0.4, -0.2) is 11.2 Å². The highest BCUT2D eigenvalue weighted by atomic mass is 16.3. The maximum atomic E-state index is 9.97. The summed E-state index contributed by atoms with van der Waals surface area (Å²) in [5.74, 6) is 8.18. The monoisotopic (exact) mass is 176 g/mol. The van der Waals surface area contributed by atoms with E-state index in [-0.39, 0.29) is 6.10 Å². The zero-order chi connectivity index (χ0) is 8.32. The number of aliphatic hydroxyl groups is 1. The van der Waals surface area contributed by atoms with E-state index in [9.17, 15) is 5.11 Å². The van der Waals surface area contributed by atoms with E-state index in [2.05, 4.69) is 0 Å². The second-order valence-electron chi connectivity index (χ2n) is 6.26. The summed E-state index contributed by atoms with van der Waals surface area (Å²) in [5.41, 5.74) is 0. The Bertz CT molecular complexity index is 287. The van der Waals surface area contributed by atoms with Crippen molar-refractivity contribution in [1.82, 2.24) is 0 Å². The van der Waals surface area contributed by atoms with Crippen molar-refractivity contribution in [2.24, 2.45) is 47.3 Å². The van der Waals surface area contributed by atoms with Crippen molar-refractivity contribution < 1.29 is 5.11 Å². The standard InChI is InChI=1S/C12H16O/c13-7-3-6-9-4-1-2-5-8(4)11(6)12(7)10(5)9/h4-13H,1-3H2/t4-,5+,6-,7+,8?,9-,10-,11?,12+/m0/s1. The zero-order valence-electron chi connectivity index (χ0n) is 7.76. The summed E-state index contributed by atoms with van der Waals surface area (Å²) in [6.07, 6.45) is 4.36. The van der Waals surface area contributed by atoms with Crippen molar-refractivity contribution in [3.05, 3.63) is 0 Å². The van der Waals surface area contributed by atoms with Crippen LogP contribution in [0.4, 0.5) is 0 Å². The second-order valence-corrected chi connectivity index (χ2v) is 6.26. The quantitative estimate of drug-likeness (QED) is 0.593. The van der Waals surface area contributed by atoms with Crippen molar-refractivity contribution in [3.8, 4) is 0 Å². The molecule has 13 heavy (non-hydrogen) atoms. The average molecular weight is 176 g/mol.